The number of aromatic nitrogens is 3. The number of carbonyl (C=O) groups is 1. The molecule has 0 aliphatic heterocycles. The SMILES string of the molecule is CC(C)(C)/C([O-])=C/C(=O)Cn1c2ccc(Br)cc2c2cc(Br)ccc21.[Ir+3].[c-]1ccc2ccccc2c1-c1ccccn1.[c-]1ccc2ccccc2c1-c1ccccn1. The number of halogens is 2. The van der Waals surface area contributed by atoms with E-state index in [4.69, 9.17) is 0 Å². The van der Waals surface area contributed by atoms with Gasteiger partial charge >= 0.3 is 20.1 Å². The van der Waals surface area contributed by atoms with E-state index in [0.717, 1.165) is 53.3 Å². The molecule has 8 heteroatoms. The molecule has 9 rings (SSSR count). The van der Waals surface area contributed by atoms with Crippen LogP contribution >= 0.6 is 31.9 Å². The van der Waals surface area contributed by atoms with Crippen LogP contribution in [-0.2, 0) is 31.4 Å². The molecule has 9 aromatic rings. The topological polar surface area (TPSA) is 70.8 Å². The summed E-state index contributed by atoms with van der Waals surface area (Å²) in [6.45, 7) is 5.59. The first kappa shape index (κ1) is 42.4. The zero-order chi connectivity index (χ0) is 39.9. The molecule has 288 valence electrons. The van der Waals surface area contributed by atoms with Gasteiger partial charge in [-0.05, 0) is 71.4 Å². The second-order valence-electron chi connectivity index (χ2n) is 14.4. The maximum absolute atomic E-state index is 12.5. The quantitative estimate of drug-likeness (QED) is 0.0978. The predicted octanol–water partition coefficient (Wildman–Crippen LogP) is 12.6. The Kier molecular flexibility index (Phi) is 13.9. The molecule has 0 saturated carbocycles. The number of nitrogens with zero attached hydrogens (tertiary/aromatic N) is 3. The van der Waals surface area contributed by atoms with E-state index >= 15 is 0 Å². The molecule has 0 fully saturated rings. The summed E-state index contributed by atoms with van der Waals surface area (Å²) in [6.07, 6.45) is 4.85. The van der Waals surface area contributed by atoms with Crippen LogP contribution in [0.3, 0.4) is 0 Å². The van der Waals surface area contributed by atoms with Crippen LogP contribution in [0.1, 0.15) is 20.8 Å². The van der Waals surface area contributed by atoms with Crippen molar-refractivity contribution >= 4 is 81.0 Å². The Hall–Kier alpha value is -5.24. The third-order valence-corrected chi connectivity index (χ3v) is 10.4. The standard InChI is InChI=1S/C20H19Br2NO2.2C15H10N.Ir/c1-20(2,3)19(25)10-14(24)11-23-17-6-4-12(21)8-15(17)16-9-13(22)5-7-18(16)23;2*1-2-8-13-12(6-1)7-5-9-14(13)15-10-3-4-11-16-15;/h4-10,25H,11H2,1-3H3;2*1-8,10-11H;/q;2*-1;+3/p-1/b19-10-;;;. The van der Waals surface area contributed by atoms with Crippen molar-refractivity contribution in [3.05, 3.63) is 191 Å². The second-order valence-corrected chi connectivity index (χ2v) is 16.3. The molecule has 0 aliphatic carbocycles. The molecule has 0 bridgehead atoms. The molecule has 0 spiro atoms. The first-order valence-electron chi connectivity index (χ1n) is 18.5. The van der Waals surface area contributed by atoms with Gasteiger partial charge in [0.2, 0.25) is 0 Å². The molecule has 0 amide bonds. The van der Waals surface area contributed by atoms with Crippen LogP contribution in [0.5, 0.6) is 0 Å². The summed E-state index contributed by atoms with van der Waals surface area (Å²) in [5.74, 6) is -0.340. The molecule has 0 aliphatic rings. The number of pyridine rings is 2. The van der Waals surface area contributed by atoms with Gasteiger partial charge in [0.1, 0.15) is 0 Å². The van der Waals surface area contributed by atoms with Crippen LogP contribution in [0, 0.1) is 17.5 Å². The van der Waals surface area contributed by atoms with Gasteiger partial charge in [-0.2, -0.15) is 0 Å². The molecule has 58 heavy (non-hydrogen) atoms. The third kappa shape index (κ3) is 9.88. The average molecular weight is 1060 g/mol. The molecule has 3 heterocycles. The molecule has 5 nitrogen and oxygen atoms in total. The number of hydrogen-bond donors (Lipinski definition) is 0. The van der Waals surface area contributed by atoms with Gasteiger partial charge < -0.3 is 19.6 Å². The first-order valence-corrected chi connectivity index (χ1v) is 20.1. The van der Waals surface area contributed by atoms with E-state index in [1.165, 1.54) is 27.6 Å². The van der Waals surface area contributed by atoms with Crippen LogP contribution in [-0.4, -0.2) is 20.3 Å². The number of fused-ring (bicyclic) bond motifs is 5. The van der Waals surface area contributed by atoms with Crippen molar-refractivity contribution in [2.24, 2.45) is 5.41 Å². The summed E-state index contributed by atoms with van der Waals surface area (Å²) in [5, 5.41) is 19.1. The molecule has 0 N–H and O–H groups in total. The Morgan fingerprint density at radius 1 is 0.638 bits per heavy atom. The van der Waals surface area contributed by atoms with Gasteiger partial charge in [0, 0.05) is 43.1 Å². The average Bonchev–Trinajstić information content (AvgIpc) is 3.51. The Morgan fingerprint density at radius 2 is 1.09 bits per heavy atom. The Bertz CT molecular complexity index is 2680. The molecule has 3 aromatic heterocycles. The van der Waals surface area contributed by atoms with Crippen LogP contribution < -0.4 is 5.11 Å². The predicted molar refractivity (Wildman–Crippen MR) is 239 cm³/mol. The zero-order valence-corrected chi connectivity index (χ0v) is 37.6. The van der Waals surface area contributed by atoms with Crippen molar-refractivity contribution in [3.8, 4) is 22.5 Å². The number of hydrogen-bond acceptors (Lipinski definition) is 4. The van der Waals surface area contributed by atoms with Gasteiger partial charge in [-0.3, -0.25) is 4.79 Å². The van der Waals surface area contributed by atoms with E-state index in [0.29, 0.717) is 0 Å². The van der Waals surface area contributed by atoms with Crippen molar-refractivity contribution in [2.75, 3.05) is 0 Å². The van der Waals surface area contributed by atoms with E-state index in [-0.39, 0.29) is 38.2 Å². The van der Waals surface area contributed by atoms with E-state index in [2.05, 4.69) is 102 Å². The van der Waals surface area contributed by atoms with Gasteiger partial charge in [0.15, 0.2) is 5.78 Å². The molecule has 6 aromatic carbocycles. The maximum Gasteiger partial charge on any atom is 3.00 e. The number of benzene rings is 6. The van der Waals surface area contributed by atoms with Crippen molar-refractivity contribution in [1.29, 1.82) is 0 Å². The van der Waals surface area contributed by atoms with Crippen LogP contribution in [0.4, 0.5) is 0 Å². The minimum atomic E-state index is -0.549. The largest absolute Gasteiger partial charge is 3.00 e. The Labute approximate surface area is 369 Å². The fraction of sp³-hybridized carbons (Fsp3) is 0.100. The fourth-order valence-electron chi connectivity index (χ4n) is 6.55. The summed E-state index contributed by atoms with van der Waals surface area (Å²) < 4.78 is 3.94. The minimum Gasteiger partial charge on any atom is -0.875 e. The summed E-state index contributed by atoms with van der Waals surface area (Å²) in [4.78, 5) is 21.2. The number of rotatable bonds is 5. The maximum atomic E-state index is 12.5. The van der Waals surface area contributed by atoms with Crippen molar-refractivity contribution in [2.45, 2.75) is 27.3 Å². The molecule has 0 unspecified atom stereocenters. The van der Waals surface area contributed by atoms with Gasteiger partial charge in [-0.15, -0.1) is 64.1 Å². The number of carbonyl (C=O) groups excluding carboxylic acids is 1. The normalized spacial score (nSPS) is 11.4. The first-order chi connectivity index (χ1) is 27.6. The van der Waals surface area contributed by atoms with E-state index in [9.17, 15) is 9.90 Å². The third-order valence-electron chi connectivity index (χ3n) is 9.42. The molecular weight excluding hydrogens is 1030 g/mol. The Balaban J connectivity index is 0.000000151. The van der Waals surface area contributed by atoms with Crippen LogP contribution in [0.2, 0.25) is 0 Å². The second kappa shape index (κ2) is 19.0. The zero-order valence-electron chi connectivity index (χ0n) is 32.0. The van der Waals surface area contributed by atoms with Crippen molar-refractivity contribution in [1.82, 2.24) is 14.5 Å². The molecular formula is C50H38Br2IrN3O2. The van der Waals surface area contributed by atoms with E-state index in [1.807, 2.05) is 135 Å². The summed E-state index contributed by atoms with van der Waals surface area (Å²) in [6, 6.07) is 55.1. The fourth-order valence-corrected chi connectivity index (χ4v) is 7.28. The van der Waals surface area contributed by atoms with Gasteiger partial charge in [-0.1, -0.05) is 136 Å². The van der Waals surface area contributed by atoms with Crippen LogP contribution in [0.15, 0.2) is 179 Å². The number of ketones is 1. The summed E-state index contributed by atoms with van der Waals surface area (Å²) >= 11 is 7.03. The summed E-state index contributed by atoms with van der Waals surface area (Å²) in [7, 11) is 0. The minimum absolute atomic E-state index is 0. The van der Waals surface area contributed by atoms with Crippen molar-refractivity contribution < 1.29 is 30.0 Å². The summed E-state index contributed by atoms with van der Waals surface area (Å²) in [5.41, 5.74) is 5.48. The molecule has 0 atom stereocenters. The monoisotopic (exact) mass is 1060 g/mol. The van der Waals surface area contributed by atoms with Crippen molar-refractivity contribution in [3.63, 3.8) is 0 Å². The number of allylic oxidation sites excluding steroid dienone is 2. The molecule has 0 saturated heterocycles. The smallest absolute Gasteiger partial charge is 0.875 e. The Morgan fingerprint density at radius 3 is 1.52 bits per heavy atom. The van der Waals surface area contributed by atoms with Gasteiger partial charge in [0.25, 0.3) is 0 Å². The van der Waals surface area contributed by atoms with Gasteiger partial charge in [0.05, 0.1) is 6.54 Å². The van der Waals surface area contributed by atoms with E-state index < -0.39 is 5.41 Å². The van der Waals surface area contributed by atoms with Crippen LogP contribution in [0.25, 0.3) is 65.9 Å². The van der Waals surface area contributed by atoms with Gasteiger partial charge in [-0.25, -0.2) is 0 Å². The van der Waals surface area contributed by atoms with E-state index in [1.54, 1.807) is 0 Å². The molecule has 0 radical (unpaired) electrons.